The topological polar surface area (TPSA) is 12.0 Å². The first-order chi connectivity index (χ1) is 6.07. The third-order valence-electron chi connectivity index (χ3n) is 4.71. The van der Waals surface area contributed by atoms with E-state index in [1.807, 2.05) is 0 Å². The Morgan fingerprint density at radius 3 is 2.43 bits per heavy atom. The van der Waals surface area contributed by atoms with Crippen molar-refractivity contribution in [1.82, 2.24) is 5.32 Å². The van der Waals surface area contributed by atoms with Gasteiger partial charge in [0.2, 0.25) is 0 Å². The van der Waals surface area contributed by atoms with Gasteiger partial charge in [-0.25, -0.2) is 0 Å². The van der Waals surface area contributed by atoms with Gasteiger partial charge in [-0.15, -0.1) is 0 Å². The average molecular weight is 437 g/mol. The number of thiol groups is 1. The van der Waals surface area contributed by atoms with Gasteiger partial charge in [-0.3, -0.25) is 0 Å². The molecule has 14 heavy (non-hydrogen) atoms. The van der Waals surface area contributed by atoms with Crippen molar-refractivity contribution in [1.29, 1.82) is 0 Å². The van der Waals surface area contributed by atoms with Crippen molar-refractivity contribution in [2.45, 2.75) is 39.7 Å². The predicted molar refractivity (Wildman–Crippen MR) is 59.9 cm³/mol. The molecule has 0 amide bonds. The molecule has 0 aliphatic heterocycles. The van der Waals surface area contributed by atoms with Crippen molar-refractivity contribution in [2.24, 2.45) is 23.2 Å². The van der Waals surface area contributed by atoms with Crippen molar-refractivity contribution in [3.8, 4) is 0 Å². The molecule has 0 aromatic rings. The number of nitrogens with one attached hydrogen (secondary N) is 1. The molecule has 0 unspecified atom stereocenters. The van der Waals surface area contributed by atoms with E-state index < -0.39 is 0 Å². The molecule has 3 fully saturated rings. The number of rotatable bonds is 2. The largest absolute Gasteiger partial charge is 0.305 e. The molecule has 80 valence electrons. The van der Waals surface area contributed by atoms with E-state index in [4.69, 9.17) is 0 Å². The van der Waals surface area contributed by atoms with Crippen LogP contribution >= 0.6 is 12.6 Å². The van der Waals surface area contributed by atoms with Crippen molar-refractivity contribution in [2.75, 3.05) is 5.88 Å². The van der Waals surface area contributed by atoms with Gasteiger partial charge in [-0.1, -0.05) is 20.8 Å². The maximum atomic E-state index is 4.25. The van der Waals surface area contributed by atoms with Crippen molar-refractivity contribution in [3.63, 3.8) is 0 Å². The van der Waals surface area contributed by atoms with E-state index in [1.165, 1.54) is 12.8 Å². The van der Waals surface area contributed by atoms with Gasteiger partial charge in [0, 0.05) is 43.0 Å². The second-order valence-electron chi connectivity index (χ2n) is 5.42. The van der Waals surface area contributed by atoms with Gasteiger partial charge < -0.3 is 5.32 Å². The fraction of sp³-hybridized carbons (Fsp3) is 1.00. The Balaban J connectivity index is 0.000000980. The van der Waals surface area contributed by atoms with Crippen molar-refractivity contribution in [3.05, 3.63) is 0 Å². The minimum Gasteiger partial charge on any atom is -0.305 e. The normalized spacial score (nSPS) is 43.7. The molecule has 0 aromatic carbocycles. The van der Waals surface area contributed by atoms with E-state index in [0.717, 1.165) is 29.7 Å². The number of hydrogen-bond acceptors (Lipinski definition) is 2. The Morgan fingerprint density at radius 1 is 1.36 bits per heavy atom. The summed E-state index contributed by atoms with van der Waals surface area (Å²) in [4.78, 5) is 0. The first-order valence-corrected chi connectivity index (χ1v) is 6.05. The molecule has 0 heterocycles. The third kappa shape index (κ3) is 1.95. The van der Waals surface area contributed by atoms with Crippen LogP contribution in [0.3, 0.4) is 0 Å². The summed E-state index contributed by atoms with van der Waals surface area (Å²) in [5, 5.41) is 3.50. The molecule has 3 heteroatoms. The summed E-state index contributed by atoms with van der Waals surface area (Å²) < 4.78 is 0. The second kappa shape index (κ2) is 4.70. The predicted octanol–water partition coefficient (Wildman–Crippen LogP) is 2.53. The number of hydrogen-bond donors (Lipinski definition) is 2. The second-order valence-corrected chi connectivity index (χ2v) is 5.74. The summed E-state index contributed by atoms with van der Waals surface area (Å²) in [6.07, 6.45) is 2.84. The summed E-state index contributed by atoms with van der Waals surface area (Å²) in [5.41, 5.74) is 0.619. The summed E-state index contributed by atoms with van der Waals surface area (Å²) >= 11 is 4.25. The van der Waals surface area contributed by atoms with Gasteiger partial charge in [-0.05, 0) is 36.0 Å². The van der Waals surface area contributed by atoms with Gasteiger partial charge in [-0.2, -0.15) is 12.6 Å². The van der Waals surface area contributed by atoms with Crippen LogP contribution in [-0.4, -0.2) is 11.9 Å². The molecule has 3 rings (SSSR count). The molecule has 0 spiro atoms. The smallest absolute Gasteiger partial charge is 0.0389 e. The molecule has 2 bridgehead atoms. The Labute approximate surface area is 117 Å². The van der Waals surface area contributed by atoms with Gasteiger partial charge in [0.1, 0.15) is 0 Å². The quantitative estimate of drug-likeness (QED) is 0.500. The molecule has 1 nitrogen and oxygen atoms in total. The van der Waals surface area contributed by atoms with Gasteiger partial charge in [0.25, 0.3) is 0 Å². The zero-order valence-electron chi connectivity index (χ0n) is 9.38. The molecule has 4 atom stereocenters. The summed E-state index contributed by atoms with van der Waals surface area (Å²) in [7, 11) is 0. The molecule has 0 radical (unpaired) electrons. The Bertz CT molecular complexity index is 207. The summed E-state index contributed by atoms with van der Waals surface area (Å²) in [6.45, 7) is 7.29. The summed E-state index contributed by atoms with van der Waals surface area (Å²) in [6, 6.07) is 0.731. The van der Waals surface area contributed by atoms with Crippen molar-refractivity contribution >= 4 is 12.6 Å². The summed E-state index contributed by atoms with van der Waals surface area (Å²) in [5.74, 6) is 3.58. The van der Waals surface area contributed by atoms with Crippen LogP contribution in [0.5, 0.6) is 0 Å². The molecule has 0 aromatic heterocycles. The SMILES string of the molecule is C[C@@H]1[C@H]2C[C@@H](C[C@H]1NCS)C2(C)C.[U]. The molecule has 3 aliphatic rings. The van der Waals surface area contributed by atoms with E-state index in [0.29, 0.717) is 5.41 Å². The first kappa shape index (κ1) is 13.4. The molecule has 3 aliphatic carbocycles. The average Bonchev–Trinajstić information content (AvgIpc) is 2.08. The molecular weight excluding hydrogens is 416 g/mol. The van der Waals surface area contributed by atoms with E-state index in [-0.39, 0.29) is 31.1 Å². The molecule has 0 saturated heterocycles. The van der Waals surface area contributed by atoms with Gasteiger partial charge >= 0.3 is 0 Å². The van der Waals surface area contributed by atoms with Gasteiger partial charge in [0.05, 0.1) is 0 Å². The maximum Gasteiger partial charge on any atom is 0.0389 e. The maximum absolute atomic E-state index is 4.25. The fourth-order valence-electron chi connectivity index (χ4n) is 3.54. The minimum absolute atomic E-state index is 0. The van der Waals surface area contributed by atoms with E-state index in [9.17, 15) is 0 Å². The van der Waals surface area contributed by atoms with Crippen LogP contribution in [0.4, 0.5) is 0 Å². The van der Waals surface area contributed by atoms with Crippen LogP contribution in [0, 0.1) is 54.3 Å². The Morgan fingerprint density at radius 2 is 2.00 bits per heavy atom. The fourth-order valence-corrected chi connectivity index (χ4v) is 3.77. The zero-order valence-corrected chi connectivity index (χ0v) is 14.4. The monoisotopic (exact) mass is 437 g/mol. The van der Waals surface area contributed by atoms with Crippen LogP contribution in [0.15, 0.2) is 0 Å². The Kier molecular flexibility index (Phi) is 4.51. The van der Waals surface area contributed by atoms with Crippen LogP contribution in [-0.2, 0) is 0 Å². The van der Waals surface area contributed by atoms with Crippen LogP contribution in [0.1, 0.15) is 33.6 Å². The standard InChI is InChI=1S/C11H21NS.U/c1-7-9-4-8(11(9,2)3)5-10(7)12-6-13;/h7-10,12-13H,4-6H2,1-3H3;/t7-,8+,9-,10-;/m1./s1. The van der Waals surface area contributed by atoms with E-state index in [2.05, 4.69) is 38.7 Å². The van der Waals surface area contributed by atoms with Gasteiger partial charge in [0.15, 0.2) is 0 Å². The van der Waals surface area contributed by atoms with E-state index >= 15 is 0 Å². The van der Waals surface area contributed by atoms with Crippen LogP contribution < -0.4 is 5.32 Å². The zero-order chi connectivity index (χ0) is 9.64. The first-order valence-electron chi connectivity index (χ1n) is 5.41. The molecular formula is C11H21NSU. The third-order valence-corrected chi connectivity index (χ3v) is 4.89. The molecule has 3 saturated carbocycles. The van der Waals surface area contributed by atoms with E-state index in [1.54, 1.807) is 0 Å². The van der Waals surface area contributed by atoms with Crippen molar-refractivity contribution < 1.29 is 31.1 Å². The van der Waals surface area contributed by atoms with Crippen LogP contribution in [0.2, 0.25) is 0 Å². The number of fused-ring (bicyclic) bond motifs is 2. The van der Waals surface area contributed by atoms with Crippen LogP contribution in [0.25, 0.3) is 0 Å². The molecule has 1 N–H and O–H groups in total. The Hall–Kier alpha value is 1.36. The minimum atomic E-state index is 0.